The third kappa shape index (κ3) is 2.95. The molecule has 0 aromatic heterocycles. The molecule has 0 saturated heterocycles. The van der Waals surface area contributed by atoms with Crippen LogP contribution in [-0.2, 0) is 0 Å². The monoisotopic (exact) mass is 297 g/mol. The molecule has 2 aliphatic carbocycles. The van der Waals surface area contributed by atoms with Gasteiger partial charge in [-0.1, -0.05) is 56.5 Å². The van der Waals surface area contributed by atoms with Crippen LogP contribution >= 0.6 is 0 Å². The first-order chi connectivity index (χ1) is 10.3. The van der Waals surface area contributed by atoms with E-state index in [9.17, 15) is 0 Å². The van der Waals surface area contributed by atoms with Gasteiger partial charge in [-0.3, -0.25) is 0 Å². The zero-order chi connectivity index (χ0) is 16.0. The van der Waals surface area contributed by atoms with Crippen molar-refractivity contribution in [1.82, 2.24) is 0 Å². The lowest BCUT2D eigenvalue weighted by Crippen LogP contribution is -2.43. The molecule has 1 aromatic carbocycles. The van der Waals surface area contributed by atoms with E-state index in [1.807, 2.05) is 0 Å². The van der Waals surface area contributed by atoms with Crippen LogP contribution in [0.25, 0.3) is 0 Å². The molecule has 0 aliphatic heterocycles. The second kappa shape index (κ2) is 5.44. The number of anilines is 1. The molecule has 1 aromatic rings. The molecule has 1 N–H and O–H groups in total. The van der Waals surface area contributed by atoms with Crippen molar-refractivity contribution < 1.29 is 0 Å². The first-order valence-electron chi connectivity index (χ1n) is 8.82. The Morgan fingerprint density at radius 2 is 1.73 bits per heavy atom. The summed E-state index contributed by atoms with van der Waals surface area (Å²) in [5.41, 5.74) is 6.85. The molecule has 0 fully saturated rings. The standard InChI is InChI=1S/C21H31N/c1-15-8-10-17(11-9-15)22-19-13-16-7-6-12-20(2,3)18(16)14-21(19,4)5/h8-11,19,22H,6-7,12-14H2,1-5H3. The van der Waals surface area contributed by atoms with Crippen molar-refractivity contribution in [3.05, 3.63) is 41.0 Å². The minimum atomic E-state index is 0.318. The maximum absolute atomic E-state index is 3.82. The highest BCUT2D eigenvalue weighted by molar-refractivity contribution is 5.47. The van der Waals surface area contributed by atoms with E-state index in [0.717, 1.165) is 0 Å². The minimum absolute atomic E-state index is 0.318. The SMILES string of the molecule is Cc1ccc(NC2CC3=C(CC2(C)C)C(C)(C)CCC3)cc1. The molecule has 0 spiro atoms. The second-order valence-corrected chi connectivity index (χ2v) is 8.75. The van der Waals surface area contributed by atoms with E-state index in [2.05, 4.69) is 64.2 Å². The Hall–Kier alpha value is -1.24. The van der Waals surface area contributed by atoms with Crippen LogP contribution in [0.1, 0.15) is 65.4 Å². The van der Waals surface area contributed by atoms with E-state index in [0.29, 0.717) is 16.9 Å². The lowest BCUT2D eigenvalue weighted by Gasteiger charge is -2.48. The third-order valence-corrected chi connectivity index (χ3v) is 5.94. The van der Waals surface area contributed by atoms with Gasteiger partial charge in [0, 0.05) is 11.7 Å². The molecule has 1 atom stereocenters. The van der Waals surface area contributed by atoms with Gasteiger partial charge in [0.15, 0.2) is 0 Å². The molecule has 0 saturated carbocycles. The molecule has 1 unspecified atom stereocenters. The highest BCUT2D eigenvalue weighted by Crippen LogP contribution is 2.51. The van der Waals surface area contributed by atoms with Gasteiger partial charge >= 0.3 is 0 Å². The number of benzene rings is 1. The Kier molecular flexibility index (Phi) is 3.87. The molecule has 1 nitrogen and oxygen atoms in total. The van der Waals surface area contributed by atoms with Gasteiger partial charge in [-0.25, -0.2) is 0 Å². The average Bonchev–Trinajstić information content (AvgIpc) is 2.43. The van der Waals surface area contributed by atoms with E-state index in [-0.39, 0.29) is 0 Å². The topological polar surface area (TPSA) is 12.0 Å². The Morgan fingerprint density at radius 3 is 2.41 bits per heavy atom. The van der Waals surface area contributed by atoms with Crippen LogP contribution in [0.3, 0.4) is 0 Å². The molecule has 0 heterocycles. The van der Waals surface area contributed by atoms with E-state index >= 15 is 0 Å². The number of aryl methyl sites for hydroxylation is 1. The van der Waals surface area contributed by atoms with Gasteiger partial charge in [-0.15, -0.1) is 0 Å². The Balaban J connectivity index is 1.84. The maximum Gasteiger partial charge on any atom is 0.0352 e. The smallest absolute Gasteiger partial charge is 0.0352 e. The van der Waals surface area contributed by atoms with E-state index in [1.165, 1.54) is 43.4 Å². The summed E-state index contributed by atoms with van der Waals surface area (Å²) in [5, 5.41) is 3.82. The first kappa shape index (κ1) is 15.6. The van der Waals surface area contributed by atoms with Gasteiger partial charge in [-0.2, -0.15) is 0 Å². The fourth-order valence-electron chi connectivity index (χ4n) is 4.31. The second-order valence-electron chi connectivity index (χ2n) is 8.75. The summed E-state index contributed by atoms with van der Waals surface area (Å²) in [5.74, 6) is 0. The lowest BCUT2D eigenvalue weighted by atomic mass is 9.60. The van der Waals surface area contributed by atoms with Crippen molar-refractivity contribution in [2.75, 3.05) is 5.32 Å². The molecule has 1 heteroatoms. The fraction of sp³-hybridized carbons (Fsp3) is 0.619. The van der Waals surface area contributed by atoms with Crippen LogP contribution in [0.5, 0.6) is 0 Å². The summed E-state index contributed by atoms with van der Waals surface area (Å²) in [6, 6.07) is 9.39. The Bertz CT molecular complexity index is 574. The van der Waals surface area contributed by atoms with Crippen LogP contribution in [0.15, 0.2) is 35.4 Å². The maximum atomic E-state index is 3.82. The van der Waals surface area contributed by atoms with Crippen molar-refractivity contribution in [3.63, 3.8) is 0 Å². The van der Waals surface area contributed by atoms with Crippen LogP contribution in [-0.4, -0.2) is 6.04 Å². The number of nitrogens with one attached hydrogen (secondary N) is 1. The van der Waals surface area contributed by atoms with Crippen LogP contribution in [0.4, 0.5) is 5.69 Å². The number of hydrogen-bond acceptors (Lipinski definition) is 1. The van der Waals surface area contributed by atoms with Crippen molar-refractivity contribution in [2.24, 2.45) is 10.8 Å². The molecular weight excluding hydrogens is 266 g/mol. The minimum Gasteiger partial charge on any atom is -0.381 e. The third-order valence-electron chi connectivity index (χ3n) is 5.94. The van der Waals surface area contributed by atoms with Crippen molar-refractivity contribution in [2.45, 2.75) is 72.8 Å². The number of rotatable bonds is 2. The molecular formula is C21H31N. The molecule has 0 bridgehead atoms. The Morgan fingerprint density at radius 1 is 1.05 bits per heavy atom. The van der Waals surface area contributed by atoms with Crippen LogP contribution in [0, 0.1) is 17.8 Å². The molecule has 0 radical (unpaired) electrons. The highest BCUT2D eigenvalue weighted by atomic mass is 14.9. The zero-order valence-electron chi connectivity index (χ0n) is 14.9. The summed E-state index contributed by atoms with van der Waals surface area (Å²) < 4.78 is 0. The number of allylic oxidation sites excluding steroid dienone is 1. The molecule has 0 amide bonds. The first-order valence-corrected chi connectivity index (χ1v) is 8.82. The van der Waals surface area contributed by atoms with Crippen molar-refractivity contribution in [1.29, 1.82) is 0 Å². The largest absolute Gasteiger partial charge is 0.381 e. The predicted octanol–water partition coefficient (Wildman–Crippen LogP) is 6.10. The molecule has 3 rings (SSSR count). The van der Waals surface area contributed by atoms with Gasteiger partial charge < -0.3 is 5.32 Å². The summed E-state index contributed by atoms with van der Waals surface area (Å²) in [6.07, 6.45) is 6.51. The van der Waals surface area contributed by atoms with Crippen LogP contribution in [0.2, 0.25) is 0 Å². The van der Waals surface area contributed by atoms with Gasteiger partial charge in [0.05, 0.1) is 0 Å². The molecule has 120 valence electrons. The lowest BCUT2D eigenvalue weighted by molar-refractivity contribution is 0.225. The van der Waals surface area contributed by atoms with Gasteiger partial charge in [-0.05, 0) is 62.0 Å². The van der Waals surface area contributed by atoms with E-state index in [4.69, 9.17) is 0 Å². The average molecular weight is 297 g/mol. The predicted molar refractivity (Wildman–Crippen MR) is 96.3 cm³/mol. The molecule has 22 heavy (non-hydrogen) atoms. The van der Waals surface area contributed by atoms with Gasteiger partial charge in [0.1, 0.15) is 0 Å². The van der Waals surface area contributed by atoms with Crippen molar-refractivity contribution in [3.8, 4) is 0 Å². The summed E-state index contributed by atoms with van der Waals surface area (Å²) in [6.45, 7) is 11.9. The van der Waals surface area contributed by atoms with Crippen molar-refractivity contribution >= 4 is 5.69 Å². The fourth-order valence-corrected chi connectivity index (χ4v) is 4.31. The van der Waals surface area contributed by atoms with E-state index in [1.54, 1.807) is 11.1 Å². The highest BCUT2D eigenvalue weighted by Gasteiger charge is 2.41. The van der Waals surface area contributed by atoms with Crippen LogP contribution < -0.4 is 5.32 Å². The summed E-state index contributed by atoms with van der Waals surface area (Å²) >= 11 is 0. The van der Waals surface area contributed by atoms with E-state index < -0.39 is 0 Å². The Labute approximate surface area is 136 Å². The number of hydrogen-bond donors (Lipinski definition) is 1. The summed E-state index contributed by atoms with van der Waals surface area (Å²) in [4.78, 5) is 0. The normalized spacial score (nSPS) is 26.5. The quantitative estimate of drug-likeness (QED) is 0.650. The zero-order valence-corrected chi connectivity index (χ0v) is 14.9. The van der Waals surface area contributed by atoms with Gasteiger partial charge in [0.25, 0.3) is 0 Å². The van der Waals surface area contributed by atoms with Gasteiger partial charge in [0.2, 0.25) is 0 Å². The molecule has 2 aliphatic rings. The summed E-state index contributed by atoms with van der Waals surface area (Å²) in [7, 11) is 0.